The molecule has 1 amide bonds. The van der Waals surface area contributed by atoms with Gasteiger partial charge in [0.05, 0.1) is 17.7 Å². The van der Waals surface area contributed by atoms with Gasteiger partial charge < -0.3 is 14.7 Å². The molecule has 7 nitrogen and oxygen atoms in total. The molecular formula is C18H21N3O4. The van der Waals surface area contributed by atoms with Gasteiger partial charge in [0.2, 0.25) is 0 Å². The molecule has 3 rings (SSSR count). The lowest BCUT2D eigenvalue weighted by atomic mass is 9.76. The number of Topliss-reactive ketones (excluding diaryl/α,β-unsaturated/α-hetero) is 1. The Morgan fingerprint density at radius 3 is 2.72 bits per heavy atom. The third-order valence-electron chi connectivity index (χ3n) is 4.42. The van der Waals surface area contributed by atoms with Gasteiger partial charge in [-0.05, 0) is 19.3 Å². The summed E-state index contributed by atoms with van der Waals surface area (Å²) in [7, 11) is 0. The minimum atomic E-state index is -0.447. The van der Waals surface area contributed by atoms with Crippen LogP contribution in [0.5, 0.6) is 0 Å². The predicted octanol–water partition coefficient (Wildman–Crippen LogP) is 2.06. The Bertz CT molecular complexity index is 921. The van der Waals surface area contributed by atoms with E-state index >= 15 is 0 Å². The summed E-state index contributed by atoms with van der Waals surface area (Å²) in [5.41, 5.74) is 0.969. The SMILES string of the molecule is Cc1ncc(CNC(=O)c2oc3c(c2C)C(=O)CC(C)(C)C3)c(=O)[nH]1. The van der Waals surface area contributed by atoms with Crippen LogP contribution in [0.25, 0.3) is 0 Å². The Labute approximate surface area is 144 Å². The molecule has 2 N–H and O–H groups in total. The summed E-state index contributed by atoms with van der Waals surface area (Å²) in [4.78, 5) is 43.2. The highest BCUT2D eigenvalue weighted by atomic mass is 16.4. The molecule has 2 aromatic rings. The van der Waals surface area contributed by atoms with Gasteiger partial charge >= 0.3 is 0 Å². The first-order valence-corrected chi connectivity index (χ1v) is 8.16. The van der Waals surface area contributed by atoms with Gasteiger partial charge in [0.15, 0.2) is 11.5 Å². The number of hydrogen-bond donors (Lipinski definition) is 2. The van der Waals surface area contributed by atoms with Crippen LogP contribution in [0.4, 0.5) is 0 Å². The zero-order valence-corrected chi connectivity index (χ0v) is 14.8. The van der Waals surface area contributed by atoms with Crippen molar-refractivity contribution in [2.24, 2.45) is 5.41 Å². The second-order valence-corrected chi connectivity index (χ2v) is 7.30. The zero-order chi connectivity index (χ0) is 18.4. The summed E-state index contributed by atoms with van der Waals surface area (Å²) in [6.07, 6.45) is 2.48. The largest absolute Gasteiger partial charge is 0.455 e. The van der Waals surface area contributed by atoms with Crippen molar-refractivity contribution in [3.63, 3.8) is 0 Å². The van der Waals surface area contributed by atoms with E-state index in [9.17, 15) is 14.4 Å². The van der Waals surface area contributed by atoms with Crippen LogP contribution in [-0.2, 0) is 13.0 Å². The van der Waals surface area contributed by atoms with Crippen molar-refractivity contribution >= 4 is 11.7 Å². The standard InChI is InChI=1S/C18H21N3O4/c1-9-14-12(22)5-18(3,4)6-13(14)25-15(9)17(24)20-8-11-7-19-10(2)21-16(11)23/h7H,5-6,8H2,1-4H3,(H,20,24)(H,19,21,23). The van der Waals surface area contributed by atoms with Crippen molar-refractivity contribution in [3.8, 4) is 0 Å². The Balaban J connectivity index is 1.82. The quantitative estimate of drug-likeness (QED) is 0.887. The van der Waals surface area contributed by atoms with Crippen LogP contribution < -0.4 is 10.9 Å². The molecule has 7 heteroatoms. The topological polar surface area (TPSA) is 105 Å². The molecule has 0 atom stereocenters. The number of nitrogens with one attached hydrogen (secondary N) is 2. The van der Waals surface area contributed by atoms with Crippen LogP contribution in [0.1, 0.15) is 63.9 Å². The molecule has 0 aliphatic heterocycles. The highest BCUT2D eigenvalue weighted by Crippen LogP contribution is 2.38. The Morgan fingerprint density at radius 1 is 1.32 bits per heavy atom. The average molecular weight is 343 g/mol. The van der Waals surface area contributed by atoms with E-state index in [-0.39, 0.29) is 29.1 Å². The van der Waals surface area contributed by atoms with Gasteiger partial charge in [0.25, 0.3) is 11.5 Å². The minimum Gasteiger partial charge on any atom is -0.455 e. The van der Waals surface area contributed by atoms with Crippen LogP contribution >= 0.6 is 0 Å². The van der Waals surface area contributed by atoms with Crippen LogP contribution in [0, 0.1) is 19.3 Å². The average Bonchev–Trinajstić information content (AvgIpc) is 2.81. The van der Waals surface area contributed by atoms with Crippen molar-refractivity contribution in [1.29, 1.82) is 0 Å². The number of ketones is 1. The first-order chi connectivity index (χ1) is 11.7. The fourth-order valence-electron chi connectivity index (χ4n) is 3.19. The summed E-state index contributed by atoms with van der Waals surface area (Å²) in [6, 6.07) is 0. The van der Waals surface area contributed by atoms with Crippen LogP contribution in [0.2, 0.25) is 0 Å². The van der Waals surface area contributed by atoms with Crippen molar-refractivity contribution in [1.82, 2.24) is 15.3 Å². The summed E-state index contributed by atoms with van der Waals surface area (Å²) in [5, 5.41) is 2.66. The molecule has 0 fully saturated rings. The van der Waals surface area contributed by atoms with Crippen molar-refractivity contribution < 1.29 is 14.0 Å². The van der Waals surface area contributed by atoms with Gasteiger partial charge in [0, 0.05) is 24.6 Å². The first-order valence-electron chi connectivity index (χ1n) is 8.16. The van der Waals surface area contributed by atoms with E-state index in [1.807, 2.05) is 13.8 Å². The number of amides is 1. The number of H-pyrrole nitrogens is 1. The number of aromatic nitrogens is 2. The molecule has 0 saturated carbocycles. The lowest BCUT2D eigenvalue weighted by molar-refractivity contribution is 0.0888. The van der Waals surface area contributed by atoms with E-state index in [1.165, 1.54) is 6.20 Å². The highest BCUT2D eigenvalue weighted by molar-refractivity contribution is 6.03. The van der Waals surface area contributed by atoms with Crippen LogP contribution in [-0.4, -0.2) is 21.7 Å². The lowest BCUT2D eigenvalue weighted by Crippen LogP contribution is -2.27. The second-order valence-electron chi connectivity index (χ2n) is 7.30. The number of aryl methyl sites for hydroxylation is 1. The molecule has 2 heterocycles. The van der Waals surface area contributed by atoms with E-state index in [0.29, 0.717) is 41.1 Å². The van der Waals surface area contributed by atoms with E-state index < -0.39 is 5.91 Å². The van der Waals surface area contributed by atoms with Crippen LogP contribution in [0.15, 0.2) is 15.4 Å². The fourth-order valence-corrected chi connectivity index (χ4v) is 3.19. The predicted molar refractivity (Wildman–Crippen MR) is 90.6 cm³/mol. The molecule has 0 bridgehead atoms. The van der Waals surface area contributed by atoms with Crippen molar-refractivity contribution in [3.05, 3.63) is 50.6 Å². The number of carbonyl (C=O) groups is 2. The van der Waals surface area contributed by atoms with Gasteiger partial charge in [-0.2, -0.15) is 0 Å². The maximum Gasteiger partial charge on any atom is 0.287 e. The second kappa shape index (κ2) is 5.98. The van der Waals surface area contributed by atoms with Crippen molar-refractivity contribution in [2.75, 3.05) is 0 Å². The fraction of sp³-hybridized carbons (Fsp3) is 0.444. The van der Waals surface area contributed by atoms with Crippen LogP contribution in [0.3, 0.4) is 0 Å². The molecule has 1 aliphatic carbocycles. The Morgan fingerprint density at radius 2 is 2.04 bits per heavy atom. The molecular weight excluding hydrogens is 322 g/mol. The molecule has 0 saturated heterocycles. The smallest absolute Gasteiger partial charge is 0.287 e. The van der Waals surface area contributed by atoms with E-state index in [2.05, 4.69) is 15.3 Å². The third kappa shape index (κ3) is 3.26. The summed E-state index contributed by atoms with van der Waals surface area (Å²) < 4.78 is 5.71. The van der Waals surface area contributed by atoms with Gasteiger partial charge in [-0.3, -0.25) is 14.4 Å². The first kappa shape index (κ1) is 17.1. The monoisotopic (exact) mass is 343 g/mol. The number of carbonyl (C=O) groups excluding carboxylic acids is 2. The number of furan rings is 1. The summed E-state index contributed by atoms with van der Waals surface area (Å²) in [5.74, 6) is 0.769. The number of hydrogen-bond acceptors (Lipinski definition) is 5. The van der Waals surface area contributed by atoms with Gasteiger partial charge in [-0.15, -0.1) is 0 Å². The van der Waals surface area contributed by atoms with Gasteiger partial charge in [-0.25, -0.2) is 4.98 Å². The van der Waals surface area contributed by atoms with E-state index in [4.69, 9.17) is 4.42 Å². The van der Waals surface area contributed by atoms with Gasteiger partial charge in [0.1, 0.15) is 11.6 Å². The number of rotatable bonds is 3. The van der Waals surface area contributed by atoms with Gasteiger partial charge in [-0.1, -0.05) is 13.8 Å². The highest BCUT2D eigenvalue weighted by Gasteiger charge is 2.37. The number of aromatic amines is 1. The lowest BCUT2D eigenvalue weighted by Gasteiger charge is -2.27. The Hall–Kier alpha value is -2.70. The minimum absolute atomic E-state index is 0.00530. The molecule has 25 heavy (non-hydrogen) atoms. The molecule has 0 radical (unpaired) electrons. The number of nitrogens with zero attached hydrogens (tertiary/aromatic N) is 1. The Kier molecular flexibility index (Phi) is 4.10. The number of fused-ring (bicyclic) bond motifs is 1. The molecule has 0 spiro atoms. The third-order valence-corrected chi connectivity index (χ3v) is 4.42. The maximum atomic E-state index is 12.5. The normalized spacial score (nSPS) is 15.8. The maximum absolute atomic E-state index is 12.5. The van der Waals surface area contributed by atoms with E-state index in [0.717, 1.165) is 0 Å². The molecule has 132 valence electrons. The molecule has 2 aromatic heterocycles. The van der Waals surface area contributed by atoms with E-state index in [1.54, 1.807) is 13.8 Å². The summed E-state index contributed by atoms with van der Waals surface area (Å²) >= 11 is 0. The molecule has 1 aliphatic rings. The zero-order valence-electron chi connectivity index (χ0n) is 14.8. The van der Waals surface area contributed by atoms with Crippen molar-refractivity contribution in [2.45, 2.75) is 47.1 Å². The molecule has 0 aromatic carbocycles. The molecule has 0 unspecified atom stereocenters. The summed E-state index contributed by atoms with van der Waals surface area (Å²) in [6.45, 7) is 7.43.